The van der Waals surface area contributed by atoms with Crippen LogP contribution < -0.4 is 0 Å². The van der Waals surface area contributed by atoms with E-state index in [1.54, 1.807) is 4.90 Å². The first kappa shape index (κ1) is 16.9. The highest BCUT2D eigenvalue weighted by molar-refractivity contribution is 5.71. The van der Waals surface area contributed by atoms with Crippen LogP contribution in [0.4, 0.5) is 4.79 Å². The number of amides is 1. The maximum atomic E-state index is 12.4. The molecule has 2 saturated heterocycles. The molecule has 6 nitrogen and oxygen atoms in total. The highest BCUT2D eigenvalue weighted by atomic mass is 16.7. The molecule has 0 aliphatic carbocycles. The maximum Gasteiger partial charge on any atom is 0.410 e. The molecule has 0 aromatic heterocycles. The molecular weight excluding hydrogens is 310 g/mol. The minimum Gasteiger partial charge on any atom is -0.447 e. The van der Waals surface area contributed by atoms with Crippen molar-refractivity contribution in [2.45, 2.75) is 50.7 Å². The average Bonchev–Trinajstić information content (AvgIpc) is 2.87. The SMILES string of the molecule is CC1(C)OC[C@@]2(COC(=O)N2Cc2ccccc2)[C@H](CCC=O)O1. The van der Waals surface area contributed by atoms with E-state index in [2.05, 4.69) is 0 Å². The number of benzene rings is 1. The summed E-state index contributed by atoms with van der Waals surface area (Å²) in [6, 6.07) is 9.74. The fraction of sp³-hybridized carbons (Fsp3) is 0.556. The molecule has 0 radical (unpaired) electrons. The largest absolute Gasteiger partial charge is 0.447 e. The van der Waals surface area contributed by atoms with Gasteiger partial charge in [0.1, 0.15) is 18.4 Å². The number of cyclic esters (lactones) is 1. The fourth-order valence-electron chi connectivity index (χ4n) is 3.32. The van der Waals surface area contributed by atoms with E-state index in [4.69, 9.17) is 14.2 Å². The molecule has 130 valence electrons. The Morgan fingerprint density at radius 3 is 2.71 bits per heavy atom. The van der Waals surface area contributed by atoms with Crippen LogP contribution in [0.15, 0.2) is 30.3 Å². The van der Waals surface area contributed by atoms with E-state index in [-0.39, 0.29) is 18.8 Å². The molecule has 2 heterocycles. The first-order chi connectivity index (χ1) is 11.5. The molecular formula is C18H23NO5. The third-order valence-electron chi connectivity index (χ3n) is 4.63. The predicted molar refractivity (Wildman–Crippen MR) is 86.3 cm³/mol. The highest BCUT2D eigenvalue weighted by Gasteiger charge is 2.57. The second-order valence-electron chi connectivity index (χ2n) is 6.77. The van der Waals surface area contributed by atoms with E-state index >= 15 is 0 Å². The zero-order valence-corrected chi connectivity index (χ0v) is 14.1. The van der Waals surface area contributed by atoms with Gasteiger partial charge in [0, 0.05) is 13.0 Å². The van der Waals surface area contributed by atoms with Crippen molar-refractivity contribution < 1.29 is 23.8 Å². The van der Waals surface area contributed by atoms with Crippen LogP contribution in [-0.4, -0.2) is 47.9 Å². The Bertz CT molecular complexity index is 603. The van der Waals surface area contributed by atoms with Gasteiger partial charge in [0.15, 0.2) is 5.79 Å². The molecule has 1 aromatic carbocycles. The molecule has 0 bridgehead atoms. The van der Waals surface area contributed by atoms with Gasteiger partial charge in [-0.15, -0.1) is 0 Å². The van der Waals surface area contributed by atoms with Gasteiger partial charge in [-0.2, -0.15) is 0 Å². The molecule has 6 heteroatoms. The third kappa shape index (κ3) is 3.16. The van der Waals surface area contributed by atoms with E-state index in [9.17, 15) is 9.59 Å². The lowest BCUT2D eigenvalue weighted by atomic mass is 9.87. The number of carbonyl (C=O) groups is 2. The highest BCUT2D eigenvalue weighted by Crippen LogP contribution is 2.40. The van der Waals surface area contributed by atoms with Crippen molar-refractivity contribution in [1.29, 1.82) is 0 Å². The van der Waals surface area contributed by atoms with Crippen molar-refractivity contribution in [3.8, 4) is 0 Å². The topological polar surface area (TPSA) is 65.1 Å². The van der Waals surface area contributed by atoms with Gasteiger partial charge in [0.25, 0.3) is 0 Å². The molecule has 0 N–H and O–H groups in total. The molecule has 2 aliphatic heterocycles. The zero-order chi connectivity index (χ0) is 17.2. The van der Waals surface area contributed by atoms with Crippen LogP contribution in [0.3, 0.4) is 0 Å². The van der Waals surface area contributed by atoms with Crippen LogP contribution in [0.5, 0.6) is 0 Å². The van der Waals surface area contributed by atoms with Gasteiger partial charge < -0.3 is 19.0 Å². The van der Waals surface area contributed by atoms with Crippen molar-refractivity contribution in [1.82, 2.24) is 4.90 Å². The number of hydrogen-bond donors (Lipinski definition) is 0. The summed E-state index contributed by atoms with van der Waals surface area (Å²) in [5, 5.41) is 0. The van der Waals surface area contributed by atoms with Crippen molar-refractivity contribution in [2.75, 3.05) is 13.2 Å². The molecule has 3 rings (SSSR count). The summed E-state index contributed by atoms with van der Waals surface area (Å²) in [7, 11) is 0. The first-order valence-electron chi connectivity index (χ1n) is 8.21. The molecule has 0 unspecified atom stereocenters. The number of nitrogens with zero attached hydrogens (tertiary/aromatic N) is 1. The van der Waals surface area contributed by atoms with Crippen LogP contribution in [-0.2, 0) is 25.5 Å². The normalized spacial score (nSPS) is 28.8. The van der Waals surface area contributed by atoms with E-state index in [0.717, 1.165) is 11.8 Å². The van der Waals surface area contributed by atoms with E-state index in [1.165, 1.54) is 0 Å². The summed E-state index contributed by atoms with van der Waals surface area (Å²) in [5.41, 5.74) is 0.306. The Morgan fingerprint density at radius 1 is 1.25 bits per heavy atom. The molecule has 2 fully saturated rings. The average molecular weight is 333 g/mol. The monoisotopic (exact) mass is 333 g/mol. The minimum atomic E-state index is -0.747. The van der Waals surface area contributed by atoms with E-state index in [0.29, 0.717) is 26.0 Å². The number of rotatable bonds is 5. The number of aldehydes is 1. The quantitative estimate of drug-likeness (QED) is 0.775. The van der Waals surface area contributed by atoms with Gasteiger partial charge in [0.2, 0.25) is 0 Å². The second-order valence-corrected chi connectivity index (χ2v) is 6.77. The summed E-state index contributed by atoms with van der Waals surface area (Å²) in [5.74, 6) is -0.747. The van der Waals surface area contributed by atoms with Gasteiger partial charge in [0.05, 0.1) is 12.7 Å². The lowest BCUT2D eigenvalue weighted by molar-refractivity contribution is -0.313. The van der Waals surface area contributed by atoms with Gasteiger partial charge in [-0.05, 0) is 25.8 Å². The van der Waals surface area contributed by atoms with Crippen LogP contribution in [0, 0.1) is 0 Å². The summed E-state index contributed by atoms with van der Waals surface area (Å²) in [6.07, 6.45) is 1.08. The molecule has 0 saturated carbocycles. The van der Waals surface area contributed by atoms with Gasteiger partial charge in [-0.25, -0.2) is 4.79 Å². The Balaban J connectivity index is 1.88. The lowest BCUT2D eigenvalue weighted by Gasteiger charge is -2.49. The standard InChI is InChI=1S/C18H23NO5/c1-17(2)23-13-18(15(24-17)9-6-10-20)12-22-16(21)19(18)11-14-7-4-3-5-8-14/h3-5,7-8,10,15H,6,9,11-13H2,1-2H3/t15-,18-/m0/s1. The van der Waals surface area contributed by atoms with Crippen molar-refractivity contribution in [3.05, 3.63) is 35.9 Å². The molecule has 24 heavy (non-hydrogen) atoms. The van der Waals surface area contributed by atoms with E-state index in [1.807, 2.05) is 44.2 Å². The minimum absolute atomic E-state index is 0.207. The Hall–Kier alpha value is -1.92. The van der Waals surface area contributed by atoms with Crippen LogP contribution >= 0.6 is 0 Å². The smallest absolute Gasteiger partial charge is 0.410 e. The third-order valence-corrected chi connectivity index (χ3v) is 4.63. The molecule has 1 spiro atoms. The maximum absolute atomic E-state index is 12.4. The van der Waals surface area contributed by atoms with Crippen LogP contribution in [0.1, 0.15) is 32.3 Å². The van der Waals surface area contributed by atoms with Gasteiger partial charge >= 0.3 is 6.09 Å². The van der Waals surface area contributed by atoms with Crippen molar-refractivity contribution in [2.24, 2.45) is 0 Å². The van der Waals surface area contributed by atoms with Gasteiger partial charge in [-0.1, -0.05) is 30.3 Å². The fourth-order valence-corrected chi connectivity index (χ4v) is 3.32. The zero-order valence-electron chi connectivity index (χ0n) is 14.1. The van der Waals surface area contributed by atoms with Crippen LogP contribution in [0.25, 0.3) is 0 Å². The molecule has 2 aliphatic rings. The van der Waals surface area contributed by atoms with Crippen molar-refractivity contribution in [3.63, 3.8) is 0 Å². The van der Waals surface area contributed by atoms with E-state index < -0.39 is 11.3 Å². The summed E-state index contributed by atoms with van der Waals surface area (Å²) >= 11 is 0. The second kappa shape index (κ2) is 6.53. The summed E-state index contributed by atoms with van der Waals surface area (Å²) in [4.78, 5) is 24.9. The number of hydrogen-bond acceptors (Lipinski definition) is 5. The van der Waals surface area contributed by atoms with Gasteiger partial charge in [-0.3, -0.25) is 4.90 Å². The summed E-state index contributed by atoms with van der Waals surface area (Å²) in [6.45, 7) is 4.63. The first-order valence-corrected chi connectivity index (χ1v) is 8.21. The number of carbonyl (C=O) groups excluding carboxylic acids is 2. The molecule has 2 atom stereocenters. The predicted octanol–water partition coefficient (Wildman–Crippen LogP) is 2.51. The number of ether oxygens (including phenoxy) is 3. The van der Waals surface area contributed by atoms with Crippen molar-refractivity contribution >= 4 is 12.4 Å². The molecule has 1 amide bonds. The lowest BCUT2D eigenvalue weighted by Crippen LogP contribution is -2.65. The Labute approximate surface area is 141 Å². The van der Waals surface area contributed by atoms with Crippen LogP contribution in [0.2, 0.25) is 0 Å². The molecule has 1 aromatic rings. The Kier molecular flexibility index (Phi) is 4.60. The summed E-state index contributed by atoms with van der Waals surface area (Å²) < 4.78 is 17.3. The Morgan fingerprint density at radius 2 is 2.00 bits per heavy atom.